The molecule has 0 saturated carbocycles. The summed E-state index contributed by atoms with van der Waals surface area (Å²) < 4.78 is 45.9. The lowest BCUT2D eigenvalue weighted by molar-refractivity contribution is -0.146. The lowest BCUT2D eigenvalue weighted by atomic mass is 10.0. The third-order valence-corrected chi connectivity index (χ3v) is 6.07. The highest BCUT2D eigenvalue weighted by atomic mass is 19.2. The maximum absolute atomic E-state index is 13.9. The molecule has 0 saturated heterocycles. The van der Waals surface area contributed by atoms with Gasteiger partial charge in [0.25, 0.3) is 5.91 Å². The standard InChI is InChI=1S/C28H44F3NO3/c1-4-5-6-7-8-9-10-11-12-13-14-15-16-19-35-28(34)24(20-21(2)3)32-27(33)22-17-18-23(29)26(31)25(22)30/h17-18,21,24H,4-16,19-20H2,1-3H3,(H,32,33). The minimum absolute atomic E-state index is 0.0546. The van der Waals surface area contributed by atoms with Gasteiger partial charge in [-0.1, -0.05) is 97.8 Å². The number of halogens is 3. The zero-order valence-electron chi connectivity index (χ0n) is 21.8. The molecule has 1 aromatic carbocycles. The number of hydrogen-bond donors (Lipinski definition) is 1. The predicted octanol–water partition coefficient (Wildman–Crippen LogP) is 7.88. The first-order valence-corrected chi connectivity index (χ1v) is 13.4. The Morgan fingerprint density at radius 3 is 1.83 bits per heavy atom. The van der Waals surface area contributed by atoms with Gasteiger partial charge in [0.05, 0.1) is 12.2 Å². The number of carbonyl (C=O) groups is 2. The second-order valence-corrected chi connectivity index (χ2v) is 9.79. The number of benzene rings is 1. The molecule has 0 fully saturated rings. The summed E-state index contributed by atoms with van der Waals surface area (Å²) >= 11 is 0. The van der Waals surface area contributed by atoms with E-state index < -0.39 is 40.9 Å². The van der Waals surface area contributed by atoms with Gasteiger partial charge in [0.15, 0.2) is 17.5 Å². The molecule has 1 atom stereocenters. The Morgan fingerprint density at radius 1 is 0.800 bits per heavy atom. The summed E-state index contributed by atoms with van der Waals surface area (Å²) in [6.07, 6.45) is 16.1. The molecule has 0 bridgehead atoms. The van der Waals surface area contributed by atoms with Crippen molar-refractivity contribution in [1.29, 1.82) is 0 Å². The van der Waals surface area contributed by atoms with Crippen LogP contribution < -0.4 is 5.32 Å². The molecule has 1 aromatic rings. The van der Waals surface area contributed by atoms with Gasteiger partial charge in [0.2, 0.25) is 0 Å². The number of hydrogen-bond acceptors (Lipinski definition) is 3. The van der Waals surface area contributed by atoms with Crippen molar-refractivity contribution in [2.45, 2.75) is 117 Å². The van der Waals surface area contributed by atoms with Gasteiger partial charge in [-0.3, -0.25) is 4.79 Å². The summed E-state index contributed by atoms with van der Waals surface area (Å²) in [4.78, 5) is 24.9. The number of carbonyl (C=O) groups excluding carboxylic acids is 2. The van der Waals surface area contributed by atoms with E-state index in [9.17, 15) is 22.8 Å². The molecule has 0 radical (unpaired) electrons. The quantitative estimate of drug-likeness (QED) is 0.120. The van der Waals surface area contributed by atoms with Crippen LogP contribution in [0.15, 0.2) is 12.1 Å². The van der Waals surface area contributed by atoms with E-state index >= 15 is 0 Å². The molecule has 0 aliphatic carbocycles. The molecule has 0 aliphatic rings. The van der Waals surface area contributed by atoms with E-state index in [0.29, 0.717) is 6.07 Å². The molecule has 0 spiro atoms. The van der Waals surface area contributed by atoms with Gasteiger partial charge in [-0.15, -0.1) is 0 Å². The first-order chi connectivity index (χ1) is 16.8. The molecule has 1 N–H and O–H groups in total. The van der Waals surface area contributed by atoms with Crippen LogP contribution in [-0.4, -0.2) is 24.5 Å². The molecular weight excluding hydrogens is 455 g/mol. The van der Waals surface area contributed by atoms with Crippen LogP contribution in [0.4, 0.5) is 13.2 Å². The highest BCUT2D eigenvalue weighted by molar-refractivity contribution is 5.97. The summed E-state index contributed by atoms with van der Waals surface area (Å²) in [5, 5.41) is 2.41. The Balaban J connectivity index is 2.27. The van der Waals surface area contributed by atoms with Crippen molar-refractivity contribution in [2.75, 3.05) is 6.61 Å². The molecule has 200 valence electrons. The lowest BCUT2D eigenvalue weighted by Crippen LogP contribution is -2.43. The molecule has 0 aliphatic heterocycles. The van der Waals surface area contributed by atoms with Crippen LogP contribution in [0.2, 0.25) is 0 Å². The molecule has 35 heavy (non-hydrogen) atoms. The van der Waals surface area contributed by atoms with Crippen molar-refractivity contribution in [3.05, 3.63) is 35.1 Å². The summed E-state index contributed by atoms with van der Waals surface area (Å²) in [5.74, 6) is -6.21. The van der Waals surface area contributed by atoms with Crippen molar-refractivity contribution in [3.63, 3.8) is 0 Å². The van der Waals surface area contributed by atoms with E-state index in [2.05, 4.69) is 12.2 Å². The van der Waals surface area contributed by atoms with Crippen LogP contribution in [0, 0.1) is 23.4 Å². The van der Waals surface area contributed by atoms with E-state index in [1.807, 2.05) is 13.8 Å². The first-order valence-electron chi connectivity index (χ1n) is 13.4. The van der Waals surface area contributed by atoms with E-state index in [0.717, 1.165) is 25.3 Å². The Bertz CT molecular complexity index is 755. The summed E-state index contributed by atoms with van der Waals surface area (Å²) in [6.45, 7) is 6.23. The fraction of sp³-hybridized carbons (Fsp3) is 0.714. The molecule has 0 aromatic heterocycles. The van der Waals surface area contributed by atoms with Crippen LogP contribution in [-0.2, 0) is 9.53 Å². The summed E-state index contributed by atoms with van der Waals surface area (Å²) in [6, 6.07) is 0.545. The van der Waals surface area contributed by atoms with Crippen LogP contribution in [0.25, 0.3) is 0 Å². The van der Waals surface area contributed by atoms with Crippen LogP contribution in [0.1, 0.15) is 121 Å². The van der Waals surface area contributed by atoms with Gasteiger partial charge in [0.1, 0.15) is 6.04 Å². The van der Waals surface area contributed by atoms with Crippen molar-refractivity contribution in [1.82, 2.24) is 5.32 Å². The first kappa shape index (κ1) is 31.0. The van der Waals surface area contributed by atoms with Gasteiger partial charge >= 0.3 is 5.97 Å². The monoisotopic (exact) mass is 499 g/mol. The molecule has 1 amide bonds. The van der Waals surface area contributed by atoms with Gasteiger partial charge in [-0.25, -0.2) is 18.0 Å². The number of unbranched alkanes of at least 4 members (excludes halogenated alkanes) is 12. The molecule has 0 heterocycles. The zero-order chi connectivity index (χ0) is 26.1. The van der Waals surface area contributed by atoms with Gasteiger partial charge < -0.3 is 10.1 Å². The number of esters is 1. The second kappa shape index (κ2) is 18.3. The van der Waals surface area contributed by atoms with Crippen molar-refractivity contribution < 1.29 is 27.5 Å². The van der Waals surface area contributed by atoms with Crippen molar-refractivity contribution in [3.8, 4) is 0 Å². The van der Waals surface area contributed by atoms with Crippen molar-refractivity contribution in [2.24, 2.45) is 5.92 Å². The van der Waals surface area contributed by atoms with E-state index in [-0.39, 0.29) is 18.9 Å². The number of amides is 1. The minimum Gasteiger partial charge on any atom is -0.464 e. The number of rotatable bonds is 19. The third-order valence-electron chi connectivity index (χ3n) is 6.07. The van der Waals surface area contributed by atoms with E-state index in [1.165, 1.54) is 64.2 Å². The Labute approximate surface area is 209 Å². The van der Waals surface area contributed by atoms with Gasteiger partial charge in [-0.2, -0.15) is 0 Å². The molecule has 1 rings (SSSR count). The topological polar surface area (TPSA) is 55.4 Å². The minimum atomic E-state index is -1.72. The van der Waals surface area contributed by atoms with Crippen LogP contribution in [0.3, 0.4) is 0 Å². The maximum Gasteiger partial charge on any atom is 0.328 e. The molecule has 1 unspecified atom stereocenters. The SMILES string of the molecule is CCCCCCCCCCCCCCCOC(=O)C(CC(C)C)NC(=O)c1ccc(F)c(F)c1F. The summed E-state index contributed by atoms with van der Waals surface area (Å²) in [5.41, 5.74) is -0.651. The summed E-state index contributed by atoms with van der Waals surface area (Å²) in [7, 11) is 0. The second-order valence-electron chi connectivity index (χ2n) is 9.79. The van der Waals surface area contributed by atoms with Crippen molar-refractivity contribution >= 4 is 11.9 Å². The zero-order valence-corrected chi connectivity index (χ0v) is 21.8. The molecular formula is C28H44F3NO3. The Morgan fingerprint density at radius 2 is 1.31 bits per heavy atom. The van der Waals surface area contributed by atoms with Gasteiger partial charge in [0, 0.05) is 0 Å². The van der Waals surface area contributed by atoms with Crippen LogP contribution in [0.5, 0.6) is 0 Å². The predicted molar refractivity (Wildman–Crippen MR) is 134 cm³/mol. The smallest absolute Gasteiger partial charge is 0.328 e. The van der Waals surface area contributed by atoms with E-state index in [4.69, 9.17) is 4.74 Å². The molecule has 4 nitrogen and oxygen atoms in total. The van der Waals surface area contributed by atoms with Gasteiger partial charge in [-0.05, 0) is 30.9 Å². The normalized spacial score (nSPS) is 12.1. The number of nitrogens with one attached hydrogen (secondary N) is 1. The van der Waals surface area contributed by atoms with Crippen LogP contribution >= 0.6 is 0 Å². The molecule has 7 heteroatoms. The highest BCUT2D eigenvalue weighted by Crippen LogP contribution is 2.17. The average molecular weight is 500 g/mol. The third kappa shape index (κ3) is 13.0. The maximum atomic E-state index is 13.9. The highest BCUT2D eigenvalue weighted by Gasteiger charge is 2.26. The average Bonchev–Trinajstić information content (AvgIpc) is 2.81. The largest absolute Gasteiger partial charge is 0.464 e. The fourth-order valence-corrected chi connectivity index (χ4v) is 4.02. The fourth-order valence-electron chi connectivity index (χ4n) is 4.02. The Kier molecular flexibility index (Phi) is 16.2. The Hall–Kier alpha value is -2.05. The van der Waals surface area contributed by atoms with E-state index in [1.54, 1.807) is 0 Å². The lowest BCUT2D eigenvalue weighted by Gasteiger charge is -2.19. The number of ether oxygens (including phenoxy) is 1.